The molecule has 2 aliphatic rings. The van der Waals surface area contributed by atoms with Gasteiger partial charge in [-0.25, -0.2) is 0 Å². The maximum atomic E-state index is 13.6. The smallest absolute Gasteiger partial charge is 0.305 e. The van der Waals surface area contributed by atoms with Crippen LogP contribution in [0.25, 0.3) is 0 Å². The number of primary amides is 1. The van der Waals surface area contributed by atoms with Crippen molar-refractivity contribution in [2.45, 2.75) is 115 Å². The first-order chi connectivity index (χ1) is 25.3. The molecule has 22 nitrogen and oxygen atoms in total. The molecule has 12 N–H and O–H groups in total. The molecule has 2 rings (SSSR count). The van der Waals surface area contributed by atoms with Gasteiger partial charge in [0.1, 0.15) is 42.3 Å². The Morgan fingerprint density at radius 2 is 1.41 bits per heavy atom. The van der Waals surface area contributed by atoms with Gasteiger partial charge in [0.25, 0.3) is 0 Å². The van der Waals surface area contributed by atoms with E-state index in [-0.39, 0.29) is 19.4 Å². The lowest BCUT2D eigenvalue weighted by Crippen LogP contribution is -2.62. The van der Waals surface area contributed by atoms with E-state index in [1.165, 1.54) is 6.92 Å². The van der Waals surface area contributed by atoms with Gasteiger partial charge in [0.05, 0.1) is 25.7 Å². The lowest BCUT2D eigenvalue weighted by Gasteiger charge is -2.30. The number of hydrogen-bond acceptors (Lipinski definition) is 12. The summed E-state index contributed by atoms with van der Waals surface area (Å²) in [5.41, 5.74) is 5.26. The Hall–Kier alpha value is -5.38. The van der Waals surface area contributed by atoms with E-state index >= 15 is 0 Å². The lowest BCUT2D eigenvalue weighted by molar-refractivity contribution is -0.144. The molecule has 0 aliphatic carbocycles. The molecule has 0 saturated carbocycles. The number of aliphatic hydroxyl groups is 2. The minimum Gasteiger partial charge on any atom is -0.481 e. The molecule has 302 valence electrons. The number of fused-ring (bicyclic) bond motifs is 1. The predicted molar refractivity (Wildman–Crippen MR) is 184 cm³/mol. The van der Waals surface area contributed by atoms with Gasteiger partial charge in [0.15, 0.2) is 0 Å². The predicted octanol–water partition coefficient (Wildman–Crippen LogP) is -5.80. The minimum atomic E-state index is -1.84. The fraction of sp³-hybridized carbons (Fsp3) is 0.688. The van der Waals surface area contributed by atoms with E-state index in [0.29, 0.717) is 6.42 Å². The van der Waals surface area contributed by atoms with Gasteiger partial charge in [-0.15, -0.1) is 0 Å². The Bertz CT molecular complexity index is 1460. The van der Waals surface area contributed by atoms with Crippen LogP contribution in [0.15, 0.2) is 0 Å². The highest BCUT2D eigenvalue weighted by Gasteiger charge is 2.40. The quantitative estimate of drug-likeness (QED) is 0.104. The van der Waals surface area contributed by atoms with Crippen molar-refractivity contribution in [2.24, 2.45) is 11.7 Å². The summed E-state index contributed by atoms with van der Waals surface area (Å²) in [5.74, 6) is -10.9. The van der Waals surface area contributed by atoms with E-state index in [4.69, 9.17) is 5.73 Å². The summed E-state index contributed by atoms with van der Waals surface area (Å²) >= 11 is 0. The van der Waals surface area contributed by atoms with Crippen LogP contribution in [0.3, 0.4) is 0 Å². The zero-order valence-corrected chi connectivity index (χ0v) is 30.5. The molecule has 2 fully saturated rings. The molecule has 9 atom stereocenters. The molecular formula is C32H51N9O13. The summed E-state index contributed by atoms with van der Waals surface area (Å²) in [7, 11) is 0. The van der Waals surface area contributed by atoms with Gasteiger partial charge in [-0.2, -0.15) is 0 Å². The maximum absolute atomic E-state index is 13.6. The largest absolute Gasteiger partial charge is 0.481 e. The lowest BCUT2D eigenvalue weighted by atomic mass is 9.96. The van der Waals surface area contributed by atoms with Gasteiger partial charge in [-0.1, -0.05) is 20.3 Å². The summed E-state index contributed by atoms with van der Waals surface area (Å²) in [5, 5.41) is 46.1. The monoisotopic (exact) mass is 769 g/mol. The van der Waals surface area contributed by atoms with Crippen LogP contribution in [0.1, 0.15) is 66.2 Å². The summed E-state index contributed by atoms with van der Waals surface area (Å²) in [6, 6.07) is -10.7. The highest BCUT2D eigenvalue weighted by Crippen LogP contribution is 2.19. The van der Waals surface area contributed by atoms with E-state index in [1.807, 2.05) is 0 Å². The molecule has 2 aliphatic heterocycles. The number of hydrogen-bond donors (Lipinski definition) is 11. The van der Waals surface area contributed by atoms with Crippen molar-refractivity contribution in [1.29, 1.82) is 0 Å². The fourth-order valence-electron chi connectivity index (χ4n) is 5.70. The van der Waals surface area contributed by atoms with Gasteiger partial charge < -0.3 is 63.2 Å². The zero-order chi connectivity index (χ0) is 40.9. The van der Waals surface area contributed by atoms with E-state index in [1.54, 1.807) is 13.8 Å². The average molecular weight is 770 g/mol. The van der Waals surface area contributed by atoms with Gasteiger partial charge >= 0.3 is 5.97 Å². The number of carbonyl (C=O) groups excluding carboxylic acids is 9. The van der Waals surface area contributed by atoms with Crippen LogP contribution in [0.5, 0.6) is 0 Å². The minimum absolute atomic E-state index is 0.0219. The number of nitrogens with two attached hydrogens (primary N) is 1. The van der Waals surface area contributed by atoms with Crippen LogP contribution in [0.2, 0.25) is 0 Å². The Morgan fingerprint density at radius 3 is 1.98 bits per heavy atom. The highest BCUT2D eigenvalue weighted by atomic mass is 16.4. The van der Waals surface area contributed by atoms with Crippen molar-refractivity contribution < 1.29 is 63.3 Å². The normalized spacial score (nSPS) is 28.4. The molecule has 22 heteroatoms. The van der Waals surface area contributed by atoms with Crippen molar-refractivity contribution in [3.63, 3.8) is 0 Å². The van der Waals surface area contributed by atoms with Gasteiger partial charge in [-0.05, 0) is 39.0 Å². The van der Waals surface area contributed by atoms with Crippen LogP contribution in [-0.2, 0) is 47.9 Å². The first-order valence-electron chi connectivity index (χ1n) is 17.5. The molecule has 0 unspecified atom stereocenters. The molecule has 9 amide bonds. The fourth-order valence-corrected chi connectivity index (χ4v) is 5.70. The number of rotatable bonds is 9. The van der Waals surface area contributed by atoms with Crippen molar-refractivity contribution in [2.75, 3.05) is 19.7 Å². The molecular weight excluding hydrogens is 718 g/mol. The number of nitrogens with zero attached hydrogens (tertiary/aromatic N) is 1. The molecule has 0 radical (unpaired) electrons. The van der Waals surface area contributed by atoms with Crippen molar-refractivity contribution >= 4 is 59.1 Å². The molecule has 2 saturated heterocycles. The number of carboxylic acids is 1. The third-order valence-corrected chi connectivity index (χ3v) is 9.01. The molecule has 2 heterocycles. The molecule has 0 aromatic rings. The van der Waals surface area contributed by atoms with Crippen LogP contribution < -0.4 is 43.0 Å². The van der Waals surface area contributed by atoms with Crippen LogP contribution in [-0.4, -0.2) is 147 Å². The number of aliphatic carboxylic acids is 1. The number of carbonyl (C=O) groups is 10. The molecule has 0 aromatic heterocycles. The summed E-state index contributed by atoms with van der Waals surface area (Å²) in [6.45, 7) is 3.97. The second-order valence-electron chi connectivity index (χ2n) is 13.3. The SMILES string of the molecule is CC[C@H](C)[C@@H]1NC(=O)[C@H](CCC(N)=O)NC(=O)[C@H]([C@@H](C)O)NC(=O)CNC(=O)[C@H](C)NC(=O)[C@@H]2CCCN2C(=O)[C@H](CO)NC(=O)[C@H](CC(=O)O)NC1=O. The van der Waals surface area contributed by atoms with Crippen LogP contribution in [0, 0.1) is 5.92 Å². The van der Waals surface area contributed by atoms with Gasteiger partial charge in [0.2, 0.25) is 53.2 Å². The summed E-state index contributed by atoms with van der Waals surface area (Å²) in [6.07, 6.45) is -2.66. The Morgan fingerprint density at radius 1 is 0.815 bits per heavy atom. The number of aliphatic hydroxyl groups excluding tert-OH is 2. The van der Waals surface area contributed by atoms with E-state index in [0.717, 1.165) is 11.8 Å². The third kappa shape index (κ3) is 12.9. The van der Waals surface area contributed by atoms with E-state index in [9.17, 15) is 63.3 Å². The first-order valence-corrected chi connectivity index (χ1v) is 17.5. The summed E-state index contributed by atoms with van der Waals surface area (Å²) in [4.78, 5) is 131. The van der Waals surface area contributed by atoms with Crippen LogP contribution >= 0.6 is 0 Å². The highest BCUT2D eigenvalue weighted by molar-refractivity contribution is 5.99. The first kappa shape index (κ1) is 44.8. The van der Waals surface area contributed by atoms with Crippen molar-refractivity contribution in [1.82, 2.24) is 42.1 Å². The van der Waals surface area contributed by atoms with Gasteiger partial charge in [0, 0.05) is 13.0 Å². The second kappa shape index (κ2) is 20.8. The Labute approximate surface area is 310 Å². The molecule has 0 spiro atoms. The van der Waals surface area contributed by atoms with Crippen LogP contribution in [0.4, 0.5) is 0 Å². The van der Waals surface area contributed by atoms with Gasteiger partial charge in [-0.3, -0.25) is 47.9 Å². The number of amides is 9. The molecule has 0 aromatic carbocycles. The maximum Gasteiger partial charge on any atom is 0.305 e. The second-order valence-corrected chi connectivity index (χ2v) is 13.3. The average Bonchev–Trinajstić information content (AvgIpc) is 3.60. The third-order valence-electron chi connectivity index (χ3n) is 9.01. The number of carboxylic acid groups (broad SMARTS) is 1. The van der Waals surface area contributed by atoms with E-state index in [2.05, 4.69) is 37.2 Å². The molecule has 0 bridgehead atoms. The summed E-state index contributed by atoms with van der Waals surface area (Å²) < 4.78 is 0. The van der Waals surface area contributed by atoms with Crippen molar-refractivity contribution in [3.05, 3.63) is 0 Å². The zero-order valence-electron chi connectivity index (χ0n) is 30.5. The number of nitrogens with one attached hydrogen (secondary N) is 7. The Kier molecular flexibility index (Phi) is 17.2. The topological polar surface area (TPSA) is 345 Å². The van der Waals surface area contributed by atoms with Crippen molar-refractivity contribution in [3.8, 4) is 0 Å². The molecule has 54 heavy (non-hydrogen) atoms. The standard InChI is InChI=1S/C32H51N9O13/c1-5-14(2)24-30(52)37-18(11-23(46)47)28(50)38-19(13-42)32(54)41-10-6-7-20(41)29(51)35-15(3)26(48)34-12-22(45)39-25(16(4)43)31(53)36-17(27(49)40-24)8-9-21(33)44/h14-20,24-25,42-43H,5-13H2,1-4H3,(H2,33,44)(H,34,48)(H,35,51)(H,36,53)(H,37,52)(H,38,50)(H,39,45)(H,40,49)(H,46,47)/t14-,15-,16+,17-,18-,19-,20-,24-,25-/m0/s1. The van der Waals surface area contributed by atoms with E-state index < -0.39 is 146 Å². The Balaban J connectivity index is 2.57.